The number of oxime groups is 1. The first-order valence-electron chi connectivity index (χ1n) is 8.43. The Morgan fingerprint density at radius 2 is 2.24 bits per heavy atom. The van der Waals surface area contributed by atoms with Crippen molar-refractivity contribution in [3.8, 4) is 0 Å². The fraction of sp³-hybridized carbons (Fsp3) is 0.500. The van der Waals surface area contributed by atoms with Crippen LogP contribution in [0.25, 0.3) is 0 Å². The summed E-state index contributed by atoms with van der Waals surface area (Å²) in [5.41, 5.74) is 1.47. The van der Waals surface area contributed by atoms with Gasteiger partial charge in [-0.3, -0.25) is 4.79 Å². The van der Waals surface area contributed by atoms with Crippen LogP contribution < -0.4 is 0 Å². The molecule has 7 heteroatoms. The maximum Gasteiger partial charge on any atom is 0.328 e. The van der Waals surface area contributed by atoms with Crippen LogP contribution in [0.1, 0.15) is 31.2 Å². The van der Waals surface area contributed by atoms with E-state index in [1.807, 2.05) is 0 Å². The number of methoxy groups -OCH3 is 1. The topological polar surface area (TPSA) is 68.2 Å². The first-order valence-corrected chi connectivity index (χ1v) is 8.43. The number of esters is 1. The third kappa shape index (κ3) is 3.97. The molecule has 1 amide bonds. The zero-order chi connectivity index (χ0) is 17.8. The first kappa shape index (κ1) is 17.4. The molecule has 0 radical (unpaired) electrons. The molecule has 0 saturated carbocycles. The van der Waals surface area contributed by atoms with Crippen molar-refractivity contribution in [2.75, 3.05) is 13.7 Å². The van der Waals surface area contributed by atoms with Crippen LogP contribution in [0.4, 0.5) is 4.39 Å². The van der Waals surface area contributed by atoms with E-state index in [4.69, 9.17) is 9.57 Å². The average Bonchev–Trinajstić information content (AvgIpc) is 3.09. The van der Waals surface area contributed by atoms with Gasteiger partial charge in [0.25, 0.3) is 5.91 Å². The van der Waals surface area contributed by atoms with Crippen molar-refractivity contribution >= 4 is 17.6 Å². The number of hydrogen-bond donors (Lipinski definition) is 0. The number of halogens is 1. The maximum absolute atomic E-state index is 13.3. The summed E-state index contributed by atoms with van der Waals surface area (Å²) < 4.78 is 18.1. The van der Waals surface area contributed by atoms with Crippen LogP contribution in [0.2, 0.25) is 0 Å². The Bertz CT molecular complexity index is 691. The Morgan fingerprint density at radius 3 is 3.00 bits per heavy atom. The molecule has 2 heterocycles. The molecule has 1 aromatic rings. The van der Waals surface area contributed by atoms with E-state index >= 15 is 0 Å². The van der Waals surface area contributed by atoms with Gasteiger partial charge in [0.05, 0.1) is 12.8 Å². The zero-order valence-corrected chi connectivity index (χ0v) is 14.1. The molecule has 0 aliphatic carbocycles. The van der Waals surface area contributed by atoms with Crippen molar-refractivity contribution in [3.63, 3.8) is 0 Å². The van der Waals surface area contributed by atoms with Crippen molar-refractivity contribution in [2.45, 2.75) is 44.2 Å². The van der Waals surface area contributed by atoms with Crippen molar-refractivity contribution in [1.29, 1.82) is 0 Å². The number of piperidine rings is 1. The largest absolute Gasteiger partial charge is 0.467 e. The summed E-state index contributed by atoms with van der Waals surface area (Å²) in [5.74, 6) is -0.945. The molecule has 2 atom stereocenters. The molecule has 0 spiro atoms. The van der Waals surface area contributed by atoms with Crippen LogP contribution in [0.15, 0.2) is 29.4 Å². The number of benzene rings is 1. The second kappa shape index (κ2) is 7.63. The summed E-state index contributed by atoms with van der Waals surface area (Å²) in [6, 6.07) is 5.71. The van der Waals surface area contributed by atoms with Crippen LogP contribution in [0, 0.1) is 5.82 Å². The maximum atomic E-state index is 13.3. The van der Waals surface area contributed by atoms with Crippen LogP contribution in [-0.4, -0.2) is 48.3 Å². The highest BCUT2D eigenvalue weighted by Gasteiger charge is 2.39. The van der Waals surface area contributed by atoms with Gasteiger partial charge in [-0.2, -0.15) is 0 Å². The average molecular weight is 348 g/mol. The molecule has 1 saturated heterocycles. The zero-order valence-electron chi connectivity index (χ0n) is 14.1. The summed E-state index contributed by atoms with van der Waals surface area (Å²) in [6.45, 7) is 0.512. The molecular formula is C18H21FN2O4. The Hall–Kier alpha value is -2.44. The molecule has 134 valence electrons. The summed E-state index contributed by atoms with van der Waals surface area (Å²) >= 11 is 0. The van der Waals surface area contributed by atoms with Gasteiger partial charge in [0.2, 0.25) is 6.10 Å². The Kier molecular flexibility index (Phi) is 5.31. The number of nitrogens with zero attached hydrogens (tertiary/aromatic N) is 2. The Labute approximate surface area is 145 Å². The molecule has 25 heavy (non-hydrogen) atoms. The highest BCUT2D eigenvalue weighted by atomic mass is 19.1. The fourth-order valence-electron chi connectivity index (χ4n) is 3.31. The molecule has 1 aromatic carbocycles. The van der Waals surface area contributed by atoms with Gasteiger partial charge in [0.15, 0.2) is 0 Å². The quantitative estimate of drug-likeness (QED) is 0.781. The molecular weight excluding hydrogens is 327 g/mol. The predicted octanol–water partition coefficient (Wildman–Crippen LogP) is 2.07. The normalized spacial score (nSPS) is 23.0. The number of rotatable bonds is 4. The van der Waals surface area contributed by atoms with Gasteiger partial charge in [0.1, 0.15) is 11.9 Å². The van der Waals surface area contributed by atoms with Crippen LogP contribution in [0.3, 0.4) is 0 Å². The molecule has 0 N–H and O–H groups in total. The third-order valence-corrected chi connectivity index (χ3v) is 4.56. The first-order chi connectivity index (χ1) is 12.1. The second-order valence-electron chi connectivity index (χ2n) is 6.33. The van der Waals surface area contributed by atoms with E-state index in [-0.39, 0.29) is 11.7 Å². The number of ether oxygens (including phenoxy) is 1. The summed E-state index contributed by atoms with van der Waals surface area (Å²) in [5, 5.41) is 3.98. The van der Waals surface area contributed by atoms with E-state index < -0.39 is 18.1 Å². The molecule has 0 aromatic heterocycles. The molecule has 0 bridgehead atoms. The Balaban J connectivity index is 1.61. The van der Waals surface area contributed by atoms with Crippen molar-refractivity contribution in [1.82, 2.24) is 4.90 Å². The van der Waals surface area contributed by atoms with Crippen molar-refractivity contribution < 1.29 is 23.6 Å². The van der Waals surface area contributed by atoms with E-state index in [9.17, 15) is 14.0 Å². The molecule has 2 unspecified atom stereocenters. The summed E-state index contributed by atoms with van der Waals surface area (Å²) in [6.07, 6.45) is 2.39. The smallest absolute Gasteiger partial charge is 0.328 e. The number of amides is 1. The minimum absolute atomic E-state index is 0.243. The van der Waals surface area contributed by atoms with E-state index in [1.165, 1.54) is 19.2 Å². The van der Waals surface area contributed by atoms with Crippen molar-refractivity contribution in [3.05, 3.63) is 35.6 Å². The van der Waals surface area contributed by atoms with Crippen LogP contribution in [0.5, 0.6) is 0 Å². The van der Waals surface area contributed by atoms with Gasteiger partial charge in [-0.05, 0) is 37.0 Å². The molecule has 3 rings (SSSR count). The van der Waals surface area contributed by atoms with Crippen LogP contribution >= 0.6 is 0 Å². The Morgan fingerprint density at radius 1 is 1.40 bits per heavy atom. The van der Waals surface area contributed by atoms with E-state index in [0.29, 0.717) is 31.5 Å². The molecule has 6 nitrogen and oxygen atoms in total. The third-order valence-electron chi connectivity index (χ3n) is 4.56. The lowest BCUT2D eigenvalue weighted by molar-refractivity contribution is -0.159. The lowest BCUT2D eigenvalue weighted by Gasteiger charge is -2.34. The molecule has 2 aliphatic rings. The second-order valence-corrected chi connectivity index (χ2v) is 6.33. The summed E-state index contributed by atoms with van der Waals surface area (Å²) in [4.78, 5) is 31.5. The van der Waals surface area contributed by atoms with Crippen molar-refractivity contribution in [2.24, 2.45) is 5.16 Å². The number of carbonyl (C=O) groups is 2. The lowest BCUT2D eigenvalue weighted by Crippen LogP contribution is -2.51. The number of hydrogen-bond acceptors (Lipinski definition) is 5. The standard InChI is InChI=1S/C18H21FN2O4/c1-24-18(23)15-7-2-3-8-21(15)17(22)16-11-14(20-25-16)10-12-5-4-6-13(19)9-12/h4-6,9,15-16H,2-3,7-8,10-11H2,1H3. The predicted molar refractivity (Wildman–Crippen MR) is 88.4 cm³/mol. The van der Waals surface area contributed by atoms with E-state index in [2.05, 4.69) is 5.16 Å². The number of carbonyl (C=O) groups excluding carboxylic acids is 2. The highest BCUT2D eigenvalue weighted by Crippen LogP contribution is 2.23. The minimum Gasteiger partial charge on any atom is -0.467 e. The number of likely N-dealkylation sites (tertiary alicyclic amines) is 1. The highest BCUT2D eigenvalue weighted by molar-refractivity contribution is 5.95. The minimum atomic E-state index is -0.728. The lowest BCUT2D eigenvalue weighted by atomic mass is 9.99. The summed E-state index contributed by atoms with van der Waals surface area (Å²) in [7, 11) is 1.33. The van der Waals surface area contributed by atoms with E-state index in [1.54, 1.807) is 17.0 Å². The van der Waals surface area contributed by atoms with Gasteiger partial charge in [-0.25, -0.2) is 9.18 Å². The van der Waals surface area contributed by atoms with Gasteiger partial charge >= 0.3 is 5.97 Å². The van der Waals surface area contributed by atoms with Crippen LogP contribution in [-0.2, 0) is 25.6 Å². The van der Waals surface area contributed by atoms with Gasteiger partial charge in [-0.1, -0.05) is 17.3 Å². The monoisotopic (exact) mass is 348 g/mol. The van der Waals surface area contributed by atoms with Gasteiger partial charge in [-0.15, -0.1) is 0 Å². The SMILES string of the molecule is COC(=O)C1CCCCN1C(=O)C1CC(Cc2cccc(F)c2)=NO1. The van der Waals surface area contributed by atoms with E-state index in [0.717, 1.165) is 18.4 Å². The fourth-order valence-corrected chi connectivity index (χ4v) is 3.31. The van der Waals surface area contributed by atoms with Gasteiger partial charge < -0.3 is 14.5 Å². The molecule has 2 aliphatic heterocycles. The van der Waals surface area contributed by atoms with Gasteiger partial charge in [0, 0.05) is 19.4 Å². The molecule has 1 fully saturated rings.